The van der Waals surface area contributed by atoms with Crippen molar-refractivity contribution in [2.24, 2.45) is 11.8 Å². The molecule has 0 aliphatic carbocycles. The van der Waals surface area contributed by atoms with Crippen molar-refractivity contribution in [1.29, 1.82) is 0 Å². The molecule has 3 nitrogen and oxygen atoms in total. The Hall–Kier alpha value is -0.410. The number of rotatable bonds is 1. The van der Waals surface area contributed by atoms with E-state index in [1.165, 1.54) is 12.8 Å². The standard InChI is InChI=1S/C11H17NO2/c1-6(13)11-10-7(5-12(11)2)8-3-4-9(10)14-8/h7-11H,3-5H2,1-2H3/t7-,8+,9-,10-,11-/m1/s1. The summed E-state index contributed by atoms with van der Waals surface area (Å²) in [5.74, 6) is 1.44. The molecular weight excluding hydrogens is 178 g/mol. The first kappa shape index (κ1) is 8.86. The number of fused-ring (bicyclic) bond motifs is 5. The number of likely N-dealkylation sites (tertiary alicyclic amines) is 1. The van der Waals surface area contributed by atoms with E-state index in [9.17, 15) is 4.79 Å². The van der Waals surface area contributed by atoms with Crippen molar-refractivity contribution < 1.29 is 9.53 Å². The normalized spacial score (nSPS) is 51.1. The maximum atomic E-state index is 11.6. The number of nitrogens with zero attached hydrogens (tertiary/aromatic N) is 1. The number of hydrogen-bond donors (Lipinski definition) is 0. The van der Waals surface area contributed by atoms with Gasteiger partial charge in [-0.05, 0) is 26.8 Å². The highest BCUT2D eigenvalue weighted by atomic mass is 16.5. The molecule has 78 valence electrons. The van der Waals surface area contributed by atoms with Gasteiger partial charge in [0.05, 0.1) is 18.2 Å². The van der Waals surface area contributed by atoms with E-state index in [2.05, 4.69) is 11.9 Å². The zero-order chi connectivity index (χ0) is 9.87. The molecule has 0 aromatic rings. The number of carbonyl (C=O) groups excluding carboxylic acids is 1. The van der Waals surface area contributed by atoms with Crippen molar-refractivity contribution in [3.05, 3.63) is 0 Å². The van der Waals surface area contributed by atoms with E-state index in [0.717, 1.165) is 6.54 Å². The Morgan fingerprint density at radius 3 is 2.79 bits per heavy atom. The van der Waals surface area contributed by atoms with Crippen LogP contribution in [0.3, 0.4) is 0 Å². The second-order valence-electron chi connectivity index (χ2n) is 5.03. The molecule has 3 aliphatic heterocycles. The molecule has 0 aromatic heterocycles. The van der Waals surface area contributed by atoms with Crippen LogP contribution in [-0.4, -0.2) is 42.5 Å². The number of likely N-dealkylation sites (N-methyl/N-ethyl adjacent to an activating group) is 1. The summed E-state index contributed by atoms with van der Waals surface area (Å²) in [6.45, 7) is 2.77. The number of Topliss-reactive ketones (excluding diaryl/α,β-unsaturated/α-hetero) is 1. The van der Waals surface area contributed by atoms with Crippen molar-refractivity contribution in [2.75, 3.05) is 13.6 Å². The Morgan fingerprint density at radius 1 is 1.36 bits per heavy atom. The average molecular weight is 195 g/mol. The minimum absolute atomic E-state index is 0.135. The first-order chi connectivity index (χ1) is 6.68. The maximum Gasteiger partial charge on any atom is 0.147 e. The molecule has 0 spiro atoms. The fraction of sp³-hybridized carbons (Fsp3) is 0.909. The van der Waals surface area contributed by atoms with Crippen molar-refractivity contribution >= 4 is 5.78 Å². The van der Waals surface area contributed by atoms with Crippen molar-refractivity contribution in [1.82, 2.24) is 4.90 Å². The summed E-state index contributed by atoms with van der Waals surface area (Å²) in [6.07, 6.45) is 3.22. The highest BCUT2D eigenvalue weighted by molar-refractivity contribution is 5.82. The zero-order valence-corrected chi connectivity index (χ0v) is 8.77. The molecule has 2 bridgehead atoms. The van der Waals surface area contributed by atoms with Gasteiger partial charge in [-0.1, -0.05) is 0 Å². The molecule has 0 unspecified atom stereocenters. The topological polar surface area (TPSA) is 29.5 Å². The molecule has 0 aromatic carbocycles. The molecule has 0 saturated carbocycles. The Morgan fingerprint density at radius 2 is 2.07 bits per heavy atom. The van der Waals surface area contributed by atoms with Gasteiger partial charge in [0.15, 0.2) is 0 Å². The van der Waals surface area contributed by atoms with E-state index < -0.39 is 0 Å². The summed E-state index contributed by atoms with van der Waals surface area (Å²) in [5.41, 5.74) is 0. The van der Waals surface area contributed by atoms with Gasteiger partial charge in [-0.15, -0.1) is 0 Å². The van der Waals surface area contributed by atoms with Gasteiger partial charge in [0, 0.05) is 18.4 Å². The van der Waals surface area contributed by atoms with Crippen LogP contribution in [0.15, 0.2) is 0 Å². The van der Waals surface area contributed by atoms with E-state index >= 15 is 0 Å². The first-order valence-corrected chi connectivity index (χ1v) is 5.54. The Bertz CT molecular complexity index is 278. The van der Waals surface area contributed by atoms with Crippen molar-refractivity contribution in [3.63, 3.8) is 0 Å². The van der Waals surface area contributed by atoms with Crippen LogP contribution in [0.2, 0.25) is 0 Å². The van der Waals surface area contributed by atoms with Gasteiger partial charge < -0.3 is 4.74 Å². The Kier molecular flexibility index (Phi) is 1.77. The van der Waals surface area contributed by atoms with Crippen LogP contribution in [0.1, 0.15) is 19.8 Å². The molecule has 3 heteroatoms. The molecule has 3 aliphatic rings. The lowest BCUT2D eigenvalue weighted by Gasteiger charge is -2.25. The smallest absolute Gasteiger partial charge is 0.147 e. The zero-order valence-electron chi connectivity index (χ0n) is 8.77. The van der Waals surface area contributed by atoms with Crippen LogP contribution in [0.5, 0.6) is 0 Å². The molecule has 3 saturated heterocycles. The van der Waals surface area contributed by atoms with E-state index in [0.29, 0.717) is 29.8 Å². The predicted molar refractivity (Wildman–Crippen MR) is 52.0 cm³/mol. The lowest BCUT2D eigenvalue weighted by atomic mass is 9.78. The quantitative estimate of drug-likeness (QED) is 0.616. The molecule has 5 atom stereocenters. The van der Waals surface area contributed by atoms with Crippen molar-refractivity contribution in [2.45, 2.75) is 38.0 Å². The molecule has 3 fully saturated rings. The lowest BCUT2D eigenvalue weighted by Crippen LogP contribution is -2.39. The molecule has 0 N–H and O–H groups in total. The highest BCUT2D eigenvalue weighted by Gasteiger charge is 2.57. The third kappa shape index (κ3) is 0.971. The average Bonchev–Trinajstić information content (AvgIpc) is 2.70. The molecule has 14 heavy (non-hydrogen) atoms. The number of ether oxygens (including phenoxy) is 1. The molecule has 0 amide bonds. The first-order valence-electron chi connectivity index (χ1n) is 5.54. The number of ketones is 1. The van der Waals surface area contributed by atoms with Crippen LogP contribution >= 0.6 is 0 Å². The van der Waals surface area contributed by atoms with Gasteiger partial charge in [0.1, 0.15) is 5.78 Å². The summed E-state index contributed by atoms with van der Waals surface area (Å²) >= 11 is 0. The maximum absolute atomic E-state index is 11.6. The van der Waals surface area contributed by atoms with Crippen LogP contribution in [-0.2, 0) is 9.53 Å². The summed E-state index contributed by atoms with van der Waals surface area (Å²) in [6, 6.07) is 0.135. The third-order valence-corrected chi connectivity index (χ3v) is 4.24. The second-order valence-corrected chi connectivity index (χ2v) is 5.03. The van der Waals surface area contributed by atoms with E-state index in [-0.39, 0.29) is 6.04 Å². The van der Waals surface area contributed by atoms with Gasteiger partial charge in [-0.2, -0.15) is 0 Å². The minimum Gasteiger partial charge on any atom is -0.374 e. The van der Waals surface area contributed by atoms with Crippen molar-refractivity contribution in [3.8, 4) is 0 Å². The van der Waals surface area contributed by atoms with Crippen LogP contribution in [0.4, 0.5) is 0 Å². The molecule has 3 rings (SSSR count). The van der Waals surface area contributed by atoms with Gasteiger partial charge in [-0.25, -0.2) is 0 Å². The minimum atomic E-state index is 0.135. The van der Waals surface area contributed by atoms with Crippen LogP contribution < -0.4 is 0 Å². The fourth-order valence-electron chi connectivity index (χ4n) is 3.81. The van der Waals surface area contributed by atoms with E-state index in [1.807, 2.05) is 0 Å². The summed E-state index contributed by atoms with van der Waals surface area (Å²) in [7, 11) is 2.07. The summed E-state index contributed by atoms with van der Waals surface area (Å²) in [5, 5.41) is 0. The second kappa shape index (κ2) is 2.80. The largest absolute Gasteiger partial charge is 0.374 e. The summed E-state index contributed by atoms with van der Waals surface area (Å²) < 4.78 is 5.89. The van der Waals surface area contributed by atoms with Gasteiger partial charge in [-0.3, -0.25) is 9.69 Å². The highest BCUT2D eigenvalue weighted by Crippen LogP contribution is 2.49. The SMILES string of the molecule is CC(=O)[C@@H]1[C@@H]2[C@H](CN1C)[C@@H]1CC[C@H]2O1. The monoisotopic (exact) mass is 195 g/mol. The van der Waals surface area contributed by atoms with E-state index in [4.69, 9.17) is 4.74 Å². The van der Waals surface area contributed by atoms with E-state index in [1.54, 1.807) is 6.92 Å². The Balaban J connectivity index is 1.91. The Labute approximate surface area is 84.4 Å². The fourth-order valence-corrected chi connectivity index (χ4v) is 3.81. The van der Waals surface area contributed by atoms with Gasteiger partial charge in [0.2, 0.25) is 0 Å². The van der Waals surface area contributed by atoms with Crippen LogP contribution in [0, 0.1) is 11.8 Å². The van der Waals surface area contributed by atoms with Gasteiger partial charge >= 0.3 is 0 Å². The molecule has 3 heterocycles. The summed E-state index contributed by atoms with van der Waals surface area (Å²) in [4.78, 5) is 13.8. The predicted octanol–water partition coefficient (Wildman–Crippen LogP) is 0.683. The third-order valence-electron chi connectivity index (χ3n) is 4.24. The molecular formula is C11H17NO2. The van der Waals surface area contributed by atoms with Crippen LogP contribution in [0.25, 0.3) is 0 Å². The molecule has 0 radical (unpaired) electrons. The number of carbonyl (C=O) groups is 1. The van der Waals surface area contributed by atoms with Gasteiger partial charge in [0.25, 0.3) is 0 Å². The number of hydrogen-bond acceptors (Lipinski definition) is 3. The lowest BCUT2D eigenvalue weighted by molar-refractivity contribution is -0.122.